The minimum atomic E-state index is -0.776. The number of esters is 1. The van der Waals surface area contributed by atoms with Crippen molar-refractivity contribution in [2.45, 2.75) is 25.7 Å². The molecule has 0 saturated carbocycles. The van der Waals surface area contributed by atoms with Crippen molar-refractivity contribution < 1.29 is 23.7 Å². The van der Waals surface area contributed by atoms with Crippen LogP contribution >= 0.6 is 58.0 Å². The number of benzene rings is 3. The molecule has 208 valence electrons. The molecule has 3 aromatic carbocycles. The van der Waals surface area contributed by atoms with Crippen LogP contribution in [0, 0.1) is 11.3 Å². The Morgan fingerprint density at radius 1 is 0.950 bits per heavy atom. The van der Waals surface area contributed by atoms with Crippen LogP contribution in [0.3, 0.4) is 0 Å². The second-order valence-corrected chi connectivity index (χ2v) is 10.4. The Labute approximate surface area is 255 Å². The van der Waals surface area contributed by atoms with E-state index in [1.54, 1.807) is 12.1 Å². The standard InChI is InChI=1S/C28H21Cl5N2O5/c1-2-3-10-37-15-6-4-14(5-7-15)21-17-9-8-16(11-19(17)40-28(35)18(21)12-34)39-20(36)13-38-27-25(32)23(30)22(29)24(31)26(27)33/h4-9,11,21H,2-3,10,13,35H2,1H3. The first-order chi connectivity index (χ1) is 19.2. The van der Waals surface area contributed by atoms with Gasteiger partial charge in [-0.05, 0) is 30.2 Å². The maximum atomic E-state index is 12.5. The van der Waals surface area contributed by atoms with Gasteiger partial charge in [0, 0.05) is 11.6 Å². The van der Waals surface area contributed by atoms with Crippen molar-refractivity contribution in [2.75, 3.05) is 13.2 Å². The van der Waals surface area contributed by atoms with Crippen LogP contribution in [0.1, 0.15) is 36.8 Å². The number of carbonyl (C=O) groups excluding carboxylic acids is 1. The molecule has 1 unspecified atom stereocenters. The Hall–Kier alpha value is -2.99. The van der Waals surface area contributed by atoms with Crippen LogP contribution in [0.25, 0.3) is 0 Å². The SMILES string of the molecule is CCCCOc1ccc(C2C(C#N)=C(N)Oc3cc(OC(=O)COc4c(Cl)c(Cl)c(Cl)c(Cl)c4Cl)ccc32)cc1. The predicted octanol–water partition coefficient (Wildman–Crippen LogP) is 8.34. The van der Waals surface area contributed by atoms with E-state index in [1.165, 1.54) is 6.07 Å². The molecule has 0 bridgehead atoms. The molecule has 2 N–H and O–H groups in total. The summed E-state index contributed by atoms with van der Waals surface area (Å²) in [5.74, 6) is -0.204. The number of allylic oxidation sites excluding steroid dienone is 1. The van der Waals surface area contributed by atoms with Crippen LogP contribution in [0.5, 0.6) is 23.0 Å². The van der Waals surface area contributed by atoms with Gasteiger partial charge in [0.25, 0.3) is 0 Å². The number of hydrogen-bond donors (Lipinski definition) is 1. The van der Waals surface area contributed by atoms with E-state index in [4.69, 9.17) is 82.7 Å². The van der Waals surface area contributed by atoms with Gasteiger partial charge in [-0.1, -0.05) is 89.5 Å². The monoisotopic (exact) mass is 640 g/mol. The Morgan fingerprint density at radius 3 is 2.20 bits per heavy atom. The van der Waals surface area contributed by atoms with Crippen molar-refractivity contribution in [3.63, 3.8) is 0 Å². The highest BCUT2D eigenvalue weighted by atomic mass is 35.5. The van der Waals surface area contributed by atoms with Gasteiger partial charge in [-0.2, -0.15) is 5.26 Å². The number of nitriles is 1. The quantitative estimate of drug-likeness (QED) is 0.0823. The molecular weight excluding hydrogens is 622 g/mol. The number of nitrogens with two attached hydrogens (primary N) is 1. The van der Waals surface area contributed by atoms with Gasteiger partial charge in [0.15, 0.2) is 12.4 Å². The lowest BCUT2D eigenvalue weighted by atomic mass is 9.83. The second-order valence-electron chi connectivity index (χ2n) is 8.56. The van der Waals surface area contributed by atoms with Crippen molar-refractivity contribution >= 4 is 64.0 Å². The number of halogens is 5. The summed E-state index contributed by atoms with van der Waals surface area (Å²) in [4.78, 5) is 12.5. The van der Waals surface area contributed by atoms with Crippen LogP contribution in [-0.2, 0) is 4.79 Å². The van der Waals surface area contributed by atoms with Crippen molar-refractivity contribution in [3.05, 3.63) is 90.2 Å². The number of carbonyl (C=O) groups is 1. The Balaban J connectivity index is 1.52. The van der Waals surface area contributed by atoms with Crippen molar-refractivity contribution in [3.8, 4) is 29.1 Å². The highest BCUT2D eigenvalue weighted by Gasteiger charge is 2.31. The zero-order chi connectivity index (χ0) is 29.0. The fraction of sp³-hybridized carbons (Fsp3) is 0.214. The Morgan fingerprint density at radius 2 is 1.57 bits per heavy atom. The van der Waals surface area contributed by atoms with E-state index in [-0.39, 0.29) is 48.1 Å². The predicted molar refractivity (Wildman–Crippen MR) is 155 cm³/mol. The maximum Gasteiger partial charge on any atom is 0.349 e. The van der Waals surface area contributed by atoms with Crippen molar-refractivity contribution in [1.82, 2.24) is 0 Å². The molecule has 40 heavy (non-hydrogen) atoms. The molecule has 0 aliphatic carbocycles. The lowest BCUT2D eigenvalue weighted by Gasteiger charge is -2.26. The maximum absolute atomic E-state index is 12.5. The molecule has 0 saturated heterocycles. The number of nitrogens with zero attached hydrogens (tertiary/aromatic N) is 1. The molecule has 1 aliphatic heterocycles. The molecule has 1 aliphatic rings. The van der Waals surface area contributed by atoms with Crippen LogP contribution in [-0.4, -0.2) is 19.2 Å². The van der Waals surface area contributed by atoms with E-state index in [2.05, 4.69) is 13.0 Å². The van der Waals surface area contributed by atoms with E-state index in [0.29, 0.717) is 17.9 Å². The first kappa shape index (κ1) is 30.0. The topological polar surface area (TPSA) is 104 Å². The summed E-state index contributed by atoms with van der Waals surface area (Å²) in [5.41, 5.74) is 7.85. The number of rotatable bonds is 9. The highest BCUT2D eigenvalue weighted by molar-refractivity contribution is 6.55. The molecule has 0 amide bonds. The first-order valence-electron chi connectivity index (χ1n) is 11.9. The van der Waals surface area contributed by atoms with Crippen molar-refractivity contribution in [2.24, 2.45) is 5.73 Å². The van der Waals surface area contributed by atoms with Gasteiger partial charge < -0.3 is 24.7 Å². The Kier molecular flexibility index (Phi) is 9.83. The third-order valence-corrected chi connectivity index (χ3v) is 8.15. The van der Waals surface area contributed by atoms with E-state index >= 15 is 0 Å². The zero-order valence-corrected chi connectivity index (χ0v) is 24.7. The van der Waals surface area contributed by atoms with Gasteiger partial charge in [0.1, 0.15) is 38.9 Å². The van der Waals surface area contributed by atoms with Crippen LogP contribution in [0.4, 0.5) is 0 Å². The van der Waals surface area contributed by atoms with Gasteiger partial charge in [-0.25, -0.2) is 4.79 Å². The van der Waals surface area contributed by atoms with Gasteiger partial charge >= 0.3 is 5.97 Å². The lowest BCUT2D eigenvalue weighted by Crippen LogP contribution is -2.21. The fourth-order valence-electron chi connectivity index (χ4n) is 3.94. The van der Waals surface area contributed by atoms with E-state index in [9.17, 15) is 10.1 Å². The molecule has 0 spiro atoms. The molecule has 0 radical (unpaired) electrons. The number of hydrogen-bond acceptors (Lipinski definition) is 7. The molecule has 1 heterocycles. The molecule has 0 fully saturated rings. The number of ether oxygens (including phenoxy) is 4. The summed E-state index contributed by atoms with van der Waals surface area (Å²) >= 11 is 30.3. The van der Waals surface area contributed by atoms with Gasteiger partial charge in [0.05, 0.1) is 27.6 Å². The average Bonchev–Trinajstić information content (AvgIpc) is 2.94. The smallest absolute Gasteiger partial charge is 0.349 e. The molecule has 1 atom stereocenters. The molecule has 4 rings (SSSR count). The minimum absolute atomic E-state index is 0.0373. The Bertz CT molecular complexity index is 1490. The molecule has 7 nitrogen and oxygen atoms in total. The number of fused-ring (bicyclic) bond motifs is 1. The fourth-order valence-corrected chi connectivity index (χ4v) is 5.17. The summed E-state index contributed by atoms with van der Waals surface area (Å²) in [7, 11) is 0. The summed E-state index contributed by atoms with van der Waals surface area (Å²) in [6, 6.07) is 14.4. The molecule has 0 aromatic heterocycles. The summed E-state index contributed by atoms with van der Waals surface area (Å²) in [6.45, 7) is 2.15. The summed E-state index contributed by atoms with van der Waals surface area (Å²) in [6.07, 6.45) is 1.99. The van der Waals surface area contributed by atoms with Gasteiger partial charge in [0.2, 0.25) is 5.88 Å². The normalized spacial score (nSPS) is 14.2. The third kappa shape index (κ3) is 6.33. The van der Waals surface area contributed by atoms with E-state index < -0.39 is 18.5 Å². The van der Waals surface area contributed by atoms with Crippen LogP contribution in [0.15, 0.2) is 53.9 Å². The van der Waals surface area contributed by atoms with Crippen LogP contribution < -0.4 is 24.7 Å². The summed E-state index contributed by atoms with van der Waals surface area (Å²) < 4.78 is 22.3. The molecular formula is C28H21Cl5N2O5. The lowest BCUT2D eigenvalue weighted by molar-refractivity contribution is -0.136. The second kappa shape index (κ2) is 13.1. The van der Waals surface area contributed by atoms with Gasteiger partial charge in [-0.3, -0.25) is 0 Å². The zero-order valence-electron chi connectivity index (χ0n) is 20.9. The molecule has 3 aromatic rings. The first-order valence-corrected chi connectivity index (χ1v) is 13.8. The summed E-state index contributed by atoms with van der Waals surface area (Å²) in [5, 5.41) is 9.45. The minimum Gasteiger partial charge on any atom is -0.494 e. The van der Waals surface area contributed by atoms with E-state index in [0.717, 1.165) is 24.2 Å². The van der Waals surface area contributed by atoms with Crippen molar-refractivity contribution in [1.29, 1.82) is 5.26 Å². The average molecular weight is 643 g/mol. The largest absolute Gasteiger partial charge is 0.494 e. The highest BCUT2D eigenvalue weighted by Crippen LogP contribution is 2.48. The number of unbranched alkanes of at least 4 members (excludes halogenated alkanes) is 1. The van der Waals surface area contributed by atoms with E-state index in [1.807, 2.05) is 24.3 Å². The molecule has 12 heteroatoms. The van der Waals surface area contributed by atoms with Gasteiger partial charge in [-0.15, -0.1) is 0 Å². The third-order valence-electron chi connectivity index (χ3n) is 5.91. The van der Waals surface area contributed by atoms with Crippen LogP contribution in [0.2, 0.25) is 25.1 Å².